The Labute approximate surface area is 234 Å². The molecule has 8 heteroatoms. The van der Waals surface area contributed by atoms with Crippen LogP contribution in [0, 0.1) is 5.92 Å². The molecule has 0 aliphatic carbocycles. The number of aromatic nitrogens is 2. The SMILES string of the molecule is CCc1nc(C(N)=N/C=C(\C)c2ccc(N3CCC(N4CCNCC4)CC3)cc2)cnc1CC1CCN(C)C1. The molecule has 2 aromatic rings. The Bertz CT molecular complexity index is 1140. The molecule has 0 radical (unpaired) electrons. The molecule has 3 aliphatic rings. The number of hydrogen-bond donors (Lipinski definition) is 2. The minimum atomic E-state index is 0.410. The molecule has 4 heterocycles. The molecular weight excluding hydrogens is 484 g/mol. The molecule has 3 N–H and O–H groups in total. The van der Waals surface area contributed by atoms with Crippen molar-refractivity contribution in [2.45, 2.75) is 52.0 Å². The third-order valence-electron chi connectivity index (χ3n) is 8.72. The van der Waals surface area contributed by atoms with Crippen LogP contribution in [-0.4, -0.2) is 91.1 Å². The lowest BCUT2D eigenvalue weighted by Gasteiger charge is -2.41. The highest BCUT2D eigenvalue weighted by molar-refractivity contribution is 5.96. The van der Waals surface area contributed by atoms with Gasteiger partial charge in [-0.1, -0.05) is 19.1 Å². The van der Waals surface area contributed by atoms with Crippen LogP contribution in [-0.2, 0) is 12.8 Å². The number of anilines is 1. The molecule has 0 amide bonds. The smallest absolute Gasteiger partial charge is 0.150 e. The molecule has 3 saturated heterocycles. The maximum Gasteiger partial charge on any atom is 0.150 e. The normalized spacial score (nSPS) is 22.5. The highest BCUT2D eigenvalue weighted by Gasteiger charge is 2.25. The zero-order valence-electron chi connectivity index (χ0n) is 24.1. The molecule has 0 spiro atoms. The van der Waals surface area contributed by atoms with Gasteiger partial charge in [-0.3, -0.25) is 9.88 Å². The van der Waals surface area contributed by atoms with Crippen molar-refractivity contribution >= 4 is 17.1 Å². The molecule has 3 fully saturated rings. The average molecular weight is 531 g/mol. The third-order valence-corrected chi connectivity index (χ3v) is 8.72. The molecule has 8 nitrogen and oxygen atoms in total. The van der Waals surface area contributed by atoms with Gasteiger partial charge in [0.25, 0.3) is 0 Å². The Morgan fingerprint density at radius 1 is 1.05 bits per heavy atom. The molecule has 1 unspecified atom stereocenters. The second-order valence-corrected chi connectivity index (χ2v) is 11.5. The molecule has 3 aliphatic heterocycles. The maximum atomic E-state index is 6.35. The molecule has 0 bridgehead atoms. The van der Waals surface area contributed by atoms with Crippen molar-refractivity contribution in [3.63, 3.8) is 0 Å². The van der Waals surface area contributed by atoms with Gasteiger partial charge in [-0.15, -0.1) is 0 Å². The number of piperazine rings is 1. The zero-order valence-corrected chi connectivity index (χ0v) is 24.1. The number of rotatable bonds is 8. The first-order valence-corrected chi connectivity index (χ1v) is 14.8. The summed E-state index contributed by atoms with van der Waals surface area (Å²) in [5, 5.41) is 3.47. The van der Waals surface area contributed by atoms with Crippen molar-refractivity contribution in [3.8, 4) is 0 Å². The lowest BCUT2D eigenvalue weighted by molar-refractivity contribution is 0.150. The van der Waals surface area contributed by atoms with E-state index in [1.807, 2.05) is 6.20 Å². The number of nitrogens with two attached hydrogens (primary N) is 1. The van der Waals surface area contributed by atoms with E-state index in [9.17, 15) is 0 Å². The highest BCUT2D eigenvalue weighted by Crippen LogP contribution is 2.25. The quantitative estimate of drug-likeness (QED) is 0.401. The Kier molecular flexibility index (Phi) is 9.27. The Hall–Kier alpha value is -2.81. The summed E-state index contributed by atoms with van der Waals surface area (Å²) in [5.74, 6) is 1.07. The lowest BCUT2D eigenvalue weighted by Crippen LogP contribution is -2.52. The molecule has 210 valence electrons. The van der Waals surface area contributed by atoms with Crippen molar-refractivity contribution in [1.29, 1.82) is 0 Å². The van der Waals surface area contributed by atoms with Gasteiger partial charge < -0.3 is 20.9 Å². The number of nitrogens with one attached hydrogen (secondary N) is 1. The van der Waals surface area contributed by atoms with E-state index in [0.717, 1.165) is 74.1 Å². The van der Waals surface area contributed by atoms with Crippen LogP contribution >= 0.6 is 0 Å². The van der Waals surface area contributed by atoms with Gasteiger partial charge in [0, 0.05) is 63.7 Å². The standard InChI is InChI=1S/C31H46N8/c1-4-28-29(19-24-9-14-37(3)22-24)34-21-30(36-28)31(32)35-20-23(2)25-5-7-26(8-6-25)38-15-10-27(11-16-38)39-17-12-33-13-18-39/h5-8,20-21,24,27,33H,4,9-19,22H2,1-3H3,(H2,32,35)/b23-20+. The van der Waals surface area contributed by atoms with Crippen LogP contribution in [0.5, 0.6) is 0 Å². The fourth-order valence-electron chi connectivity index (χ4n) is 6.27. The molecule has 1 aromatic carbocycles. The number of benzene rings is 1. The van der Waals surface area contributed by atoms with Crippen molar-refractivity contribution in [2.75, 3.05) is 64.3 Å². The van der Waals surface area contributed by atoms with E-state index in [1.165, 1.54) is 44.6 Å². The van der Waals surface area contributed by atoms with Crippen molar-refractivity contribution in [1.82, 2.24) is 25.1 Å². The number of allylic oxidation sites excluding steroid dienone is 1. The van der Waals surface area contributed by atoms with Crippen molar-refractivity contribution in [2.24, 2.45) is 16.6 Å². The van der Waals surface area contributed by atoms with Crippen LogP contribution < -0.4 is 16.0 Å². The summed E-state index contributed by atoms with van der Waals surface area (Å²) in [6.07, 6.45) is 9.19. The number of likely N-dealkylation sites (tertiary alicyclic amines) is 1. The summed E-state index contributed by atoms with van der Waals surface area (Å²) in [4.78, 5) is 21.7. The van der Waals surface area contributed by atoms with Gasteiger partial charge in [-0.25, -0.2) is 9.98 Å². The number of hydrogen-bond acceptors (Lipinski definition) is 7. The lowest BCUT2D eigenvalue weighted by atomic mass is 10.0. The monoisotopic (exact) mass is 530 g/mol. The first-order chi connectivity index (χ1) is 19.0. The molecule has 1 atom stereocenters. The first kappa shape index (κ1) is 27.7. The van der Waals surface area contributed by atoms with E-state index in [-0.39, 0.29) is 0 Å². The van der Waals surface area contributed by atoms with Crippen LogP contribution in [0.2, 0.25) is 0 Å². The van der Waals surface area contributed by atoms with E-state index in [4.69, 9.17) is 15.7 Å². The summed E-state index contributed by atoms with van der Waals surface area (Å²) >= 11 is 0. The maximum absolute atomic E-state index is 6.35. The topological polar surface area (TPSA) is 85.9 Å². The predicted octanol–water partition coefficient (Wildman–Crippen LogP) is 3.17. The second kappa shape index (κ2) is 13.0. The van der Waals surface area contributed by atoms with Crippen LogP contribution in [0.25, 0.3) is 5.57 Å². The summed E-state index contributed by atoms with van der Waals surface area (Å²) in [7, 11) is 2.19. The van der Waals surface area contributed by atoms with Crippen LogP contribution in [0.15, 0.2) is 41.7 Å². The van der Waals surface area contributed by atoms with Gasteiger partial charge in [0.1, 0.15) is 5.69 Å². The Balaban J connectivity index is 1.18. The van der Waals surface area contributed by atoms with E-state index in [2.05, 4.69) is 70.2 Å². The Morgan fingerprint density at radius 2 is 1.79 bits per heavy atom. The van der Waals surface area contributed by atoms with Gasteiger partial charge in [0.15, 0.2) is 5.84 Å². The highest BCUT2D eigenvalue weighted by atomic mass is 15.2. The van der Waals surface area contributed by atoms with Crippen molar-refractivity contribution < 1.29 is 0 Å². The largest absolute Gasteiger partial charge is 0.382 e. The van der Waals surface area contributed by atoms with E-state index in [1.54, 1.807) is 6.20 Å². The summed E-state index contributed by atoms with van der Waals surface area (Å²) in [6.45, 7) is 13.4. The van der Waals surface area contributed by atoms with Gasteiger partial charge in [-0.05, 0) is 81.8 Å². The zero-order chi connectivity index (χ0) is 27.2. The summed E-state index contributed by atoms with van der Waals surface area (Å²) in [5.41, 5.74) is 12.7. The van der Waals surface area contributed by atoms with Crippen molar-refractivity contribution in [3.05, 3.63) is 59.3 Å². The second-order valence-electron chi connectivity index (χ2n) is 11.5. The van der Waals surface area contributed by atoms with Gasteiger partial charge >= 0.3 is 0 Å². The number of aryl methyl sites for hydroxylation is 1. The minimum absolute atomic E-state index is 0.410. The fourth-order valence-corrected chi connectivity index (χ4v) is 6.27. The number of amidine groups is 1. The number of piperidine rings is 1. The average Bonchev–Trinajstić information content (AvgIpc) is 3.40. The van der Waals surface area contributed by atoms with Crippen LogP contribution in [0.4, 0.5) is 5.69 Å². The van der Waals surface area contributed by atoms with Gasteiger partial charge in [-0.2, -0.15) is 0 Å². The third kappa shape index (κ3) is 7.04. The molecule has 1 aromatic heterocycles. The predicted molar refractivity (Wildman–Crippen MR) is 161 cm³/mol. The van der Waals surface area contributed by atoms with Crippen LogP contribution in [0.3, 0.4) is 0 Å². The van der Waals surface area contributed by atoms with E-state index < -0.39 is 0 Å². The minimum Gasteiger partial charge on any atom is -0.382 e. The van der Waals surface area contributed by atoms with Gasteiger partial charge in [0.2, 0.25) is 0 Å². The molecule has 0 saturated carbocycles. The van der Waals surface area contributed by atoms with E-state index in [0.29, 0.717) is 17.4 Å². The molecule has 39 heavy (non-hydrogen) atoms. The summed E-state index contributed by atoms with van der Waals surface area (Å²) in [6, 6.07) is 9.61. The first-order valence-electron chi connectivity index (χ1n) is 14.8. The van der Waals surface area contributed by atoms with Gasteiger partial charge in [0.05, 0.1) is 17.6 Å². The fraction of sp³-hybridized carbons (Fsp3) is 0.581. The molecular formula is C31H46N8. The molecule has 5 rings (SSSR count). The van der Waals surface area contributed by atoms with E-state index >= 15 is 0 Å². The number of nitrogens with zero attached hydrogens (tertiary/aromatic N) is 6. The number of aliphatic imine (C=N–C) groups is 1. The Morgan fingerprint density at radius 3 is 2.46 bits per heavy atom. The van der Waals surface area contributed by atoms with Crippen LogP contribution in [0.1, 0.15) is 55.8 Å². The summed E-state index contributed by atoms with van der Waals surface area (Å²) < 4.78 is 0.